The van der Waals surface area contributed by atoms with Gasteiger partial charge in [-0.2, -0.15) is 0 Å². The van der Waals surface area contributed by atoms with Gasteiger partial charge in [0.1, 0.15) is 5.78 Å². The normalized spacial score (nSPS) is 45.9. The van der Waals surface area contributed by atoms with E-state index in [0.717, 1.165) is 18.3 Å². The van der Waals surface area contributed by atoms with Crippen LogP contribution in [0.5, 0.6) is 0 Å². The van der Waals surface area contributed by atoms with Crippen LogP contribution in [-0.2, 0) is 4.79 Å². The number of rotatable bonds is 1. The van der Waals surface area contributed by atoms with Crippen LogP contribution in [0.4, 0.5) is 0 Å². The zero-order valence-corrected chi connectivity index (χ0v) is 10.4. The van der Waals surface area contributed by atoms with Gasteiger partial charge in [0.05, 0.1) is 0 Å². The minimum Gasteiger partial charge on any atom is -0.300 e. The van der Waals surface area contributed by atoms with E-state index in [1.807, 2.05) is 0 Å². The molecule has 0 radical (unpaired) electrons. The van der Waals surface area contributed by atoms with Crippen LogP contribution >= 0.6 is 0 Å². The standard InChI is InChI=1S/C14H24O/c1-10-5-4-7-14(3)8-6-12(11(2)15)9-13(10)14/h10,12-13H,4-9H2,1-3H3/t10?,12-,13+,14+/m0/s1. The van der Waals surface area contributed by atoms with E-state index >= 15 is 0 Å². The van der Waals surface area contributed by atoms with Crippen molar-refractivity contribution in [2.75, 3.05) is 0 Å². The summed E-state index contributed by atoms with van der Waals surface area (Å²) >= 11 is 0. The van der Waals surface area contributed by atoms with Gasteiger partial charge >= 0.3 is 0 Å². The molecule has 0 bridgehead atoms. The van der Waals surface area contributed by atoms with Gasteiger partial charge in [0.2, 0.25) is 0 Å². The highest BCUT2D eigenvalue weighted by molar-refractivity contribution is 5.78. The molecule has 1 heteroatoms. The third kappa shape index (κ3) is 1.98. The monoisotopic (exact) mass is 208 g/mol. The van der Waals surface area contributed by atoms with Crippen LogP contribution in [0.15, 0.2) is 0 Å². The topological polar surface area (TPSA) is 17.1 Å². The third-order valence-corrected chi connectivity index (χ3v) is 5.17. The molecular formula is C14H24O. The summed E-state index contributed by atoms with van der Waals surface area (Å²) in [5, 5.41) is 0. The summed E-state index contributed by atoms with van der Waals surface area (Å²) in [4.78, 5) is 11.5. The predicted octanol–water partition coefficient (Wildman–Crippen LogP) is 3.82. The number of hydrogen-bond acceptors (Lipinski definition) is 1. The van der Waals surface area contributed by atoms with Crippen LogP contribution in [0.2, 0.25) is 0 Å². The average Bonchev–Trinajstić information content (AvgIpc) is 2.17. The number of ketones is 1. The maximum absolute atomic E-state index is 11.5. The Bertz CT molecular complexity index is 258. The molecule has 2 aliphatic carbocycles. The first-order valence-corrected chi connectivity index (χ1v) is 6.53. The fourth-order valence-corrected chi connectivity index (χ4v) is 4.03. The van der Waals surface area contributed by atoms with Gasteiger partial charge in [0, 0.05) is 5.92 Å². The van der Waals surface area contributed by atoms with Crippen molar-refractivity contribution in [2.24, 2.45) is 23.2 Å². The van der Waals surface area contributed by atoms with Crippen molar-refractivity contribution in [3.8, 4) is 0 Å². The molecule has 0 spiro atoms. The van der Waals surface area contributed by atoms with Crippen LogP contribution in [0.3, 0.4) is 0 Å². The van der Waals surface area contributed by atoms with Gasteiger partial charge in [-0.05, 0) is 49.9 Å². The first-order chi connectivity index (χ1) is 7.03. The number of carbonyl (C=O) groups excluding carboxylic acids is 1. The smallest absolute Gasteiger partial charge is 0.132 e. The van der Waals surface area contributed by atoms with Gasteiger partial charge < -0.3 is 0 Å². The lowest BCUT2D eigenvalue weighted by molar-refractivity contribution is -0.124. The third-order valence-electron chi connectivity index (χ3n) is 5.17. The summed E-state index contributed by atoms with van der Waals surface area (Å²) in [6.45, 7) is 6.63. The molecule has 2 saturated carbocycles. The van der Waals surface area contributed by atoms with Gasteiger partial charge in [0.15, 0.2) is 0 Å². The number of Topliss-reactive ketones (excluding diaryl/α,β-unsaturated/α-hetero) is 1. The quantitative estimate of drug-likeness (QED) is 0.640. The molecule has 0 heterocycles. The molecule has 2 rings (SSSR count). The largest absolute Gasteiger partial charge is 0.300 e. The predicted molar refractivity (Wildman–Crippen MR) is 62.6 cm³/mol. The second kappa shape index (κ2) is 3.92. The molecule has 86 valence electrons. The molecule has 0 saturated heterocycles. The van der Waals surface area contributed by atoms with Crippen molar-refractivity contribution in [3.05, 3.63) is 0 Å². The molecule has 2 fully saturated rings. The summed E-state index contributed by atoms with van der Waals surface area (Å²) in [6, 6.07) is 0. The number of hydrogen-bond donors (Lipinski definition) is 0. The molecule has 4 atom stereocenters. The van der Waals surface area contributed by atoms with Gasteiger partial charge in [-0.25, -0.2) is 0 Å². The lowest BCUT2D eigenvalue weighted by Gasteiger charge is -2.50. The highest BCUT2D eigenvalue weighted by Crippen LogP contribution is 2.53. The average molecular weight is 208 g/mol. The molecule has 0 aromatic carbocycles. The van der Waals surface area contributed by atoms with Crippen molar-refractivity contribution in [3.63, 3.8) is 0 Å². The molecule has 1 nitrogen and oxygen atoms in total. The molecular weight excluding hydrogens is 184 g/mol. The van der Waals surface area contributed by atoms with Crippen LogP contribution in [0.25, 0.3) is 0 Å². The van der Waals surface area contributed by atoms with E-state index in [0.29, 0.717) is 17.1 Å². The summed E-state index contributed by atoms with van der Waals surface area (Å²) in [5.74, 6) is 2.46. The Morgan fingerprint density at radius 3 is 2.67 bits per heavy atom. The van der Waals surface area contributed by atoms with E-state index in [-0.39, 0.29) is 0 Å². The molecule has 0 N–H and O–H groups in total. The zero-order valence-electron chi connectivity index (χ0n) is 10.4. The summed E-state index contributed by atoms with van der Waals surface area (Å²) in [7, 11) is 0. The summed E-state index contributed by atoms with van der Waals surface area (Å²) in [6.07, 6.45) is 7.78. The first kappa shape index (κ1) is 11.2. The second-order valence-electron chi connectivity index (χ2n) is 6.21. The molecule has 2 aliphatic rings. The SMILES string of the molecule is CC(=O)[C@H]1CC[C@@]2(C)CCCC(C)[C@H]2C1. The highest BCUT2D eigenvalue weighted by atomic mass is 16.1. The maximum Gasteiger partial charge on any atom is 0.132 e. The van der Waals surface area contributed by atoms with Gasteiger partial charge in [-0.1, -0.05) is 26.7 Å². The Balaban J connectivity index is 2.12. The molecule has 15 heavy (non-hydrogen) atoms. The van der Waals surface area contributed by atoms with Crippen molar-refractivity contribution in [2.45, 2.75) is 59.3 Å². The lowest BCUT2D eigenvalue weighted by Crippen LogP contribution is -2.42. The minimum atomic E-state index is 0.378. The van der Waals surface area contributed by atoms with Crippen molar-refractivity contribution >= 4 is 5.78 Å². The van der Waals surface area contributed by atoms with E-state index in [2.05, 4.69) is 13.8 Å². The highest BCUT2D eigenvalue weighted by Gasteiger charge is 2.44. The Labute approximate surface area is 93.6 Å². The van der Waals surface area contributed by atoms with E-state index in [9.17, 15) is 4.79 Å². The van der Waals surface area contributed by atoms with Crippen LogP contribution < -0.4 is 0 Å². The van der Waals surface area contributed by atoms with Gasteiger partial charge in [-0.3, -0.25) is 4.79 Å². The Morgan fingerprint density at radius 2 is 2.00 bits per heavy atom. The molecule has 0 amide bonds. The zero-order chi connectivity index (χ0) is 11.1. The number of carbonyl (C=O) groups is 1. The van der Waals surface area contributed by atoms with Crippen molar-refractivity contribution in [1.82, 2.24) is 0 Å². The van der Waals surface area contributed by atoms with Crippen molar-refractivity contribution < 1.29 is 4.79 Å². The Morgan fingerprint density at radius 1 is 1.27 bits per heavy atom. The van der Waals surface area contributed by atoms with Gasteiger partial charge in [-0.15, -0.1) is 0 Å². The molecule has 0 aromatic heterocycles. The van der Waals surface area contributed by atoms with Crippen molar-refractivity contribution in [1.29, 1.82) is 0 Å². The van der Waals surface area contributed by atoms with Crippen LogP contribution in [0.1, 0.15) is 59.3 Å². The van der Waals surface area contributed by atoms with E-state index in [1.54, 1.807) is 6.92 Å². The first-order valence-electron chi connectivity index (χ1n) is 6.53. The Hall–Kier alpha value is -0.330. The van der Waals surface area contributed by atoms with Gasteiger partial charge in [0.25, 0.3) is 0 Å². The van der Waals surface area contributed by atoms with E-state index in [4.69, 9.17) is 0 Å². The minimum absolute atomic E-state index is 0.378. The molecule has 0 aliphatic heterocycles. The maximum atomic E-state index is 11.5. The molecule has 0 aromatic rings. The lowest BCUT2D eigenvalue weighted by atomic mass is 9.55. The van der Waals surface area contributed by atoms with E-state index < -0.39 is 0 Å². The van der Waals surface area contributed by atoms with Crippen LogP contribution in [0, 0.1) is 23.2 Å². The number of fused-ring (bicyclic) bond motifs is 1. The van der Waals surface area contributed by atoms with E-state index in [1.165, 1.54) is 32.1 Å². The fraction of sp³-hybridized carbons (Fsp3) is 0.929. The fourth-order valence-electron chi connectivity index (χ4n) is 4.03. The summed E-state index contributed by atoms with van der Waals surface area (Å²) in [5.41, 5.74) is 0.559. The molecule has 1 unspecified atom stereocenters. The Kier molecular flexibility index (Phi) is 2.92. The van der Waals surface area contributed by atoms with Crippen LogP contribution in [-0.4, -0.2) is 5.78 Å². The summed E-state index contributed by atoms with van der Waals surface area (Å²) < 4.78 is 0. The second-order valence-corrected chi connectivity index (χ2v) is 6.21.